The van der Waals surface area contributed by atoms with Crippen LogP contribution in [0, 0.1) is 6.42 Å². The monoisotopic (exact) mass is 147 g/mol. The first kappa shape index (κ1) is 6.59. The summed E-state index contributed by atoms with van der Waals surface area (Å²) in [5.41, 5.74) is 1.33. The van der Waals surface area contributed by atoms with Crippen LogP contribution in [0.15, 0.2) is 24.3 Å². The van der Waals surface area contributed by atoms with Crippen LogP contribution in [0.4, 0.5) is 0 Å². The van der Waals surface area contributed by atoms with Crippen LogP contribution >= 0.6 is 0 Å². The van der Waals surface area contributed by atoms with E-state index in [-0.39, 0.29) is 0 Å². The lowest BCUT2D eigenvalue weighted by Gasteiger charge is -1.94. The highest BCUT2D eigenvalue weighted by Crippen LogP contribution is 2.34. The molecule has 1 nitrogen and oxygen atoms in total. The third-order valence-electron chi connectivity index (χ3n) is 2.14. The van der Waals surface area contributed by atoms with Crippen molar-refractivity contribution < 1.29 is 4.74 Å². The first-order valence-electron chi connectivity index (χ1n) is 3.93. The number of hydrogen-bond acceptors (Lipinski definition) is 1. The van der Waals surface area contributed by atoms with Crippen LogP contribution in [0.1, 0.15) is 18.4 Å². The zero-order chi connectivity index (χ0) is 7.68. The molecule has 0 aromatic heterocycles. The molecule has 0 saturated carbocycles. The summed E-state index contributed by atoms with van der Waals surface area (Å²) in [5.74, 6) is 1.56. The highest BCUT2D eigenvalue weighted by molar-refractivity contribution is 5.40. The molecule has 1 aliphatic rings. The van der Waals surface area contributed by atoms with E-state index in [1.807, 2.05) is 12.1 Å². The fraction of sp³-hybridized carbons (Fsp3) is 0.300. The predicted octanol–water partition coefficient (Wildman–Crippen LogP) is 2.39. The van der Waals surface area contributed by atoms with Crippen LogP contribution < -0.4 is 4.74 Å². The average molecular weight is 147 g/mol. The van der Waals surface area contributed by atoms with Gasteiger partial charge < -0.3 is 4.74 Å². The van der Waals surface area contributed by atoms with Crippen molar-refractivity contribution in [3.05, 3.63) is 36.2 Å². The quantitative estimate of drug-likeness (QED) is 0.554. The van der Waals surface area contributed by atoms with Crippen LogP contribution in [0.5, 0.6) is 5.75 Å². The summed E-state index contributed by atoms with van der Waals surface area (Å²) in [4.78, 5) is 0. The Morgan fingerprint density at radius 1 is 1.45 bits per heavy atom. The maximum Gasteiger partial charge on any atom is 0.160 e. The van der Waals surface area contributed by atoms with Gasteiger partial charge in [0, 0.05) is 5.56 Å². The summed E-state index contributed by atoms with van der Waals surface area (Å²) in [6.07, 6.45) is 2.19. The highest BCUT2D eigenvalue weighted by atomic mass is 16.5. The average Bonchev–Trinajstić information content (AvgIpc) is 2.47. The Hall–Kier alpha value is -1.11. The molecule has 1 aliphatic heterocycles. The second-order valence-corrected chi connectivity index (χ2v) is 2.79. The van der Waals surface area contributed by atoms with E-state index in [2.05, 4.69) is 25.5 Å². The molecule has 1 atom stereocenters. The fourth-order valence-corrected chi connectivity index (χ4v) is 1.46. The summed E-state index contributed by atoms with van der Waals surface area (Å²) >= 11 is 0. The summed E-state index contributed by atoms with van der Waals surface area (Å²) in [6.45, 7) is 2.89. The van der Waals surface area contributed by atoms with Gasteiger partial charge in [-0.3, -0.25) is 0 Å². The molecule has 1 unspecified atom stereocenters. The van der Waals surface area contributed by atoms with Crippen molar-refractivity contribution in [2.24, 2.45) is 0 Å². The molecular weight excluding hydrogens is 136 g/mol. The molecule has 0 spiro atoms. The minimum atomic E-state index is 0.506. The van der Waals surface area contributed by atoms with Crippen molar-refractivity contribution in [3.63, 3.8) is 0 Å². The fourth-order valence-electron chi connectivity index (χ4n) is 1.46. The highest BCUT2D eigenvalue weighted by Gasteiger charge is 2.27. The van der Waals surface area contributed by atoms with Gasteiger partial charge in [0.05, 0.1) is 13.3 Å². The Balaban J connectivity index is 2.39. The Labute approximate surface area is 67.0 Å². The number of hydrogen-bond donors (Lipinski definition) is 0. The molecular formula is C10H11O+. The topological polar surface area (TPSA) is 9.23 Å². The van der Waals surface area contributed by atoms with Gasteiger partial charge in [0.25, 0.3) is 0 Å². The molecule has 0 saturated heterocycles. The van der Waals surface area contributed by atoms with Crippen molar-refractivity contribution in [1.29, 1.82) is 0 Å². The minimum Gasteiger partial charge on any atom is -0.488 e. The molecule has 0 radical (unpaired) electrons. The summed E-state index contributed by atoms with van der Waals surface area (Å²) < 4.78 is 5.47. The molecule has 56 valence electrons. The third kappa shape index (κ3) is 0.967. The molecule has 11 heavy (non-hydrogen) atoms. The Morgan fingerprint density at radius 2 is 2.27 bits per heavy atom. The maximum atomic E-state index is 5.47. The SMILES string of the molecule is C[CH+]C1COc2ccccc21. The number of fused-ring (bicyclic) bond motifs is 1. The van der Waals surface area contributed by atoms with Crippen molar-refractivity contribution >= 4 is 0 Å². The lowest BCUT2D eigenvalue weighted by atomic mass is 9.99. The predicted molar refractivity (Wildman–Crippen MR) is 44.7 cm³/mol. The van der Waals surface area contributed by atoms with Gasteiger partial charge in [-0.2, -0.15) is 0 Å². The Kier molecular flexibility index (Phi) is 1.50. The smallest absolute Gasteiger partial charge is 0.160 e. The van der Waals surface area contributed by atoms with E-state index >= 15 is 0 Å². The van der Waals surface area contributed by atoms with Gasteiger partial charge in [0.2, 0.25) is 0 Å². The molecule has 0 fully saturated rings. The molecule has 0 aliphatic carbocycles. The van der Waals surface area contributed by atoms with E-state index in [9.17, 15) is 0 Å². The van der Waals surface area contributed by atoms with Crippen molar-refractivity contribution in [1.82, 2.24) is 0 Å². The van der Waals surface area contributed by atoms with Crippen LogP contribution in [0.25, 0.3) is 0 Å². The summed E-state index contributed by atoms with van der Waals surface area (Å²) in [7, 11) is 0. The Bertz CT molecular complexity index is 255. The van der Waals surface area contributed by atoms with Crippen LogP contribution in [0.2, 0.25) is 0 Å². The molecule has 0 bridgehead atoms. The van der Waals surface area contributed by atoms with E-state index in [4.69, 9.17) is 4.74 Å². The molecule has 1 aromatic carbocycles. The van der Waals surface area contributed by atoms with E-state index in [1.54, 1.807) is 0 Å². The van der Waals surface area contributed by atoms with Gasteiger partial charge in [-0.05, 0) is 6.07 Å². The maximum absolute atomic E-state index is 5.47. The Morgan fingerprint density at radius 3 is 3.09 bits per heavy atom. The van der Waals surface area contributed by atoms with Crippen LogP contribution in [0.3, 0.4) is 0 Å². The zero-order valence-electron chi connectivity index (χ0n) is 6.58. The second kappa shape index (κ2) is 2.50. The van der Waals surface area contributed by atoms with Gasteiger partial charge in [0.15, 0.2) is 5.92 Å². The van der Waals surface area contributed by atoms with Crippen LogP contribution in [-0.2, 0) is 0 Å². The normalized spacial score (nSPS) is 20.6. The number of ether oxygens (including phenoxy) is 1. The number of rotatable bonds is 1. The van der Waals surface area contributed by atoms with E-state index < -0.39 is 0 Å². The van der Waals surface area contributed by atoms with E-state index in [0.29, 0.717) is 5.92 Å². The minimum absolute atomic E-state index is 0.506. The first-order chi connectivity index (χ1) is 5.42. The number of benzene rings is 1. The number of para-hydroxylation sites is 1. The van der Waals surface area contributed by atoms with Gasteiger partial charge in [-0.25, -0.2) is 0 Å². The van der Waals surface area contributed by atoms with E-state index in [1.165, 1.54) is 5.56 Å². The van der Waals surface area contributed by atoms with Crippen molar-refractivity contribution in [2.75, 3.05) is 6.61 Å². The second-order valence-electron chi connectivity index (χ2n) is 2.79. The molecule has 0 amide bonds. The van der Waals surface area contributed by atoms with Crippen molar-refractivity contribution in [2.45, 2.75) is 12.8 Å². The zero-order valence-corrected chi connectivity index (χ0v) is 6.58. The first-order valence-corrected chi connectivity index (χ1v) is 3.93. The summed E-state index contributed by atoms with van der Waals surface area (Å²) in [6, 6.07) is 8.23. The van der Waals surface area contributed by atoms with Gasteiger partial charge >= 0.3 is 0 Å². The molecule has 1 heteroatoms. The summed E-state index contributed by atoms with van der Waals surface area (Å²) in [5, 5.41) is 0. The van der Waals surface area contributed by atoms with Gasteiger partial charge in [-0.1, -0.05) is 18.2 Å². The molecule has 2 rings (SSSR count). The largest absolute Gasteiger partial charge is 0.488 e. The standard InChI is InChI=1S/C10H11O/c1-2-8-7-11-10-6-4-3-5-9(8)10/h2-6,8H,7H2,1H3/q+1. The lowest BCUT2D eigenvalue weighted by Crippen LogP contribution is -1.98. The molecule has 1 heterocycles. The van der Waals surface area contributed by atoms with Gasteiger partial charge in [0.1, 0.15) is 12.4 Å². The van der Waals surface area contributed by atoms with E-state index in [0.717, 1.165) is 12.4 Å². The lowest BCUT2D eigenvalue weighted by molar-refractivity contribution is 0.341. The molecule has 0 N–H and O–H groups in total. The van der Waals surface area contributed by atoms with Crippen molar-refractivity contribution in [3.8, 4) is 5.75 Å². The van der Waals surface area contributed by atoms with Crippen LogP contribution in [-0.4, -0.2) is 6.61 Å². The molecule has 1 aromatic rings. The van der Waals surface area contributed by atoms with Gasteiger partial charge in [-0.15, -0.1) is 0 Å². The third-order valence-corrected chi connectivity index (χ3v) is 2.14.